The predicted octanol–water partition coefficient (Wildman–Crippen LogP) is 1.96. The Labute approximate surface area is 193 Å². The van der Waals surface area contributed by atoms with Crippen molar-refractivity contribution in [2.75, 3.05) is 0 Å². The molecule has 0 saturated carbocycles. The number of alkyl halides is 3. The van der Waals surface area contributed by atoms with Crippen LogP contribution in [0.5, 0.6) is 0 Å². The van der Waals surface area contributed by atoms with Crippen molar-refractivity contribution < 1.29 is 27.9 Å². The molecule has 0 spiro atoms. The topological polar surface area (TPSA) is 155 Å². The van der Waals surface area contributed by atoms with Crippen LogP contribution >= 0.6 is 22.9 Å². The highest BCUT2D eigenvalue weighted by Gasteiger charge is 2.38. The Morgan fingerprint density at radius 1 is 1.30 bits per heavy atom. The minimum Gasteiger partial charge on any atom is -0.373 e. The van der Waals surface area contributed by atoms with Crippen LogP contribution < -0.4 is 16.4 Å². The van der Waals surface area contributed by atoms with E-state index in [1.807, 2.05) is 0 Å². The van der Waals surface area contributed by atoms with E-state index in [9.17, 15) is 27.9 Å². The van der Waals surface area contributed by atoms with Crippen LogP contribution in [0.25, 0.3) is 0 Å². The van der Waals surface area contributed by atoms with Gasteiger partial charge in [-0.05, 0) is 6.92 Å². The lowest BCUT2D eigenvalue weighted by atomic mass is 10.1. The number of amides is 2. The number of hydrogen-bond acceptors (Lipinski definition) is 9. The molecule has 0 fully saturated rings. The molecule has 0 aromatic carbocycles. The number of nitrogens with one attached hydrogen (secondary N) is 2. The van der Waals surface area contributed by atoms with Crippen LogP contribution in [0.1, 0.15) is 56.5 Å². The summed E-state index contributed by atoms with van der Waals surface area (Å²) >= 11 is 6.61. The average molecular weight is 504 g/mol. The summed E-state index contributed by atoms with van der Waals surface area (Å²) in [6.45, 7) is 1.63. The summed E-state index contributed by atoms with van der Waals surface area (Å²) in [6, 6.07) is 0.535. The summed E-state index contributed by atoms with van der Waals surface area (Å²) in [7, 11) is 0. The lowest BCUT2D eigenvalue weighted by Gasteiger charge is -2.24. The normalized spacial score (nSPS) is 18.2. The van der Waals surface area contributed by atoms with Crippen LogP contribution in [-0.4, -0.2) is 50.4 Å². The Kier molecular flexibility index (Phi) is 7.41. The number of aliphatic imine (C=N–C) groups is 1. The SMILES string of the molecule is C[C@@H](NC(=O)c1cc(C(N)=O)ncn1)c1ncc(C(O)NC2CC(C(F)(F)F)=C(Cl)C=N2)s1. The van der Waals surface area contributed by atoms with E-state index in [1.54, 1.807) is 6.92 Å². The lowest BCUT2D eigenvalue weighted by Crippen LogP contribution is -2.35. The molecule has 176 valence electrons. The number of aromatic nitrogens is 3. The molecule has 2 aromatic rings. The number of aliphatic hydroxyl groups is 1. The first kappa shape index (κ1) is 24.7. The van der Waals surface area contributed by atoms with Gasteiger partial charge in [0.2, 0.25) is 0 Å². The van der Waals surface area contributed by atoms with Crippen molar-refractivity contribution in [2.45, 2.75) is 38.0 Å². The molecule has 2 amide bonds. The minimum atomic E-state index is -4.61. The summed E-state index contributed by atoms with van der Waals surface area (Å²) < 4.78 is 39.1. The van der Waals surface area contributed by atoms with Crippen molar-refractivity contribution in [1.29, 1.82) is 0 Å². The second kappa shape index (κ2) is 9.91. The molecule has 2 unspecified atom stereocenters. The van der Waals surface area contributed by atoms with Gasteiger partial charge in [0.25, 0.3) is 11.8 Å². The standard InChI is InChI=1S/C18H17ClF3N7O3S/c1-7(28-15(31)11-3-10(14(23)30)26-6-27-11)17-25-5-12(33-17)16(32)29-13-2-8(18(20,21)22)9(19)4-24-13/h3-7,13,16,29,32H,2H2,1H3,(H2,23,30)(H,28,31)/t7-,13?,16?/m1/s1. The van der Waals surface area contributed by atoms with E-state index in [-0.39, 0.29) is 11.4 Å². The molecular formula is C18H17ClF3N7O3S. The number of rotatable bonds is 7. The number of halogens is 4. The van der Waals surface area contributed by atoms with Crippen LogP contribution in [-0.2, 0) is 0 Å². The number of thiazole rings is 1. The minimum absolute atomic E-state index is 0.0773. The van der Waals surface area contributed by atoms with E-state index >= 15 is 0 Å². The van der Waals surface area contributed by atoms with Gasteiger partial charge in [-0.1, -0.05) is 11.6 Å². The van der Waals surface area contributed by atoms with Crippen molar-refractivity contribution >= 4 is 41.0 Å². The van der Waals surface area contributed by atoms with Crippen molar-refractivity contribution in [2.24, 2.45) is 10.7 Å². The first-order valence-corrected chi connectivity index (χ1v) is 10.5. The van der Waals surface area contributed by atoms with Crippen LogP contribution in [0.4, 0.5) is 13.2 Å². The molecule has 15 heteroatoms. The Morgan fingerprint density at radius 3 is 2.67 bits per heavy atom. The molecule has 1 aliphatic heterocycles. The van der Waals surface area contributed by atoms with Gasteiger partial charge in [-0.2, -0.15) is 13.2 Å². The molecule has 1 aliphatic rings. The maximum absolute atomic E-state index is 13.0. The quantitative estimate of drug-likeness (QED) is 0.421. The first-order valence-electron chi connectivity index (χ1n) is 9.27. The summed E-state index contributed by atoms with van der Waals surface area (Å²) in [5.74, 6) is -1.42. The van der Waals surface area contributed by atoms with Gasteiger partial charge < -0.3 is 16.2 Å². The van der Waals surface area contributed by atoms with Crippen molar-refractivity contribution in [3.05, 3.63) is 50.5 Å². The number of dihydropyridines is 1. The van der Waals surface area contributed by atoms with Gasteiger partial charge in [-0.25, -0.2) is 15.0 Å². The highest BCUT2D eigenvalue weighted by Crippen LogP contribution is 2.35. The molecule has 0 saturated heterocycles. The predicted molar refractivity (Wildman–Crippen MR) is 112 cm³/mol. The van der Waals surface area contributed by atoms with E-state index in [1.165, 1.54) is 6.20 Å². The summed E-state index contributed by atoms with van der Waals surface area (Å²) in [5, 5.41) is 15.5. The molecular weight excluding hydrogens is 487 g/mol. The first-order chi connectivity index (χ1) is 15.5. The third kappa shape index (κ3) is 6.10. The summed E-state index contributed by atoms with van der Waals surface area (Å²) in [4.78, 5) is 39.3. The Balaban J connectivity index is 1.62. The van der Waals surface area contributed by atoms with Gasteiger partial charge in [0, 0.05) is 24.9 Å². The molecule has 5 N–H and O–H groups in total. The number of carbonyl (C=O) groups excluding carboxylic acids is 2. The number of allylic oxidation sites excluding steroid dienone is 1. The van der Waals surface area contributed by atoms with Crippen LogP contribution in [0.3, 0.4) is 0 Å². The molecule has 2 aromatic heterocycles. The highest BCUT2D eigenvalue weighted by molar-refractivity contribution is 7.11. The van der Waals surface area contributed by atoms with Gasteiger partial charge >= 0.3 is 6.18 Å². The fourth-order valence-corrected chi connectivity index (χ4v) is 3.88. The Bertz CT molecular complexity index is 1120. The van der Waals surface area contributed by atoms with Gasteiger partial charge in [0.15, 0.2) is 0 Å². The number of nitrogens with two attached hydrogens (primary N) is 1. The number of aliphatic hydroxyl groups excluding tert-OH is 1. The zero-order valence-corrected chi connectivity index (χ0v) is 18.4. The molecule has 33 heavy (non-hydrogen) atoms. The molecule has 3 heterocycles. The Hall–Kier alpha value is -2.94. The Morgan fingerprint density at radius 2 is 2.00 bits per heavy atom. The maximum Gasteiger partial charge on any atom is 0.414 e. The molecule has 3 atom stereocenters. The van der Waals surface area contributed by atoms with E-state index in [0.29, 0.717) is 9.88 Å². The number of carbonyl (C=O) groups is 2. The van der Waals surface area contributed by atoms with Crippen LogP contribution in [0.15, 0.2) is 34.2 Å². The zero-order valence-electron chi connectivity index (χ0n) is 16.8. The summed E-state index contributed by atoms with van der Waals surface area (Å²) in [6.07, 6.45) is -4.29. The van der Waals surface area contributed by atoms with Crippen molar-refractivity contribution in [3.8, 4) is 0 Å². The van der Waals surface area contributed by atoms with Crippen LogP contribution in [0.2, 0.25) is 0 Å². The molecule has 0 radical (unpaired) electrons. The smallest absolute Gasteiger partial charge is 0.373 e. The van der Waals surface area contributed by atoms with Crippen molar-refractivity contribution in [1.82, 2.24) is 25.6 Å². The molecule has 0 aliphatic carbocycles. The number of nitrogens with zero attached hydrogens (tertiary/aromatic N) is 4. The van der Waals surface area contributed by atoms with Gasteiger partial charge in [-0.3, -0.25) is 19.9 Å². The monoisotopic (exact) mass is 503 g/mol. The number of hydrogen-bond donors (Lipinski definition) is 4. The van der Waals surface area contributed by atoms with Gasteiger partial charge in [-0.15, -0.1) is 11.3 Å². The van der Waals surface area contributed by atoms with Crippen molar-refractivity contribution in [3.63, 3.8) is 0 Å². The van der Waals surface area contributed by atoms with E-state index in [4.69, 9.17) is 17.3 Å². The fraction of sp³-hybridized carbons (Fsp3) is 0.333. The number of primary amides is 1. The maximum atomic E-state index is 13.0. The molecule has 3 rings (SSSR count). The van der Waals surface area contributed by atoms with E-state index < -0.39 is 53.5 Å². The average Bonchev–Trinajstić information content (AvgIpc) is 3.25. The fourth-order valence-electron chi connectivity index (χ4n) is 2.77. The molecule has 10 nitrogen and oxygen atoms in total. The lowest BCUT2D eigenvalue weighted by molar-refractivity contribution is -0.0954. The van der Waals surface area contributed by atoms with Gasteiger partial charge in [0.1, 0.15) is 35.1 Å². The van der Waals surface area contributed by atoms with Crippen LogP contribution in [0, 0.1) is 0 Å². The second-order valence-electron chi connectivity index (χ2n) is 6.84. The third-order valence-corrected chi connectivity index (χ3v) is 5.99. The third-order valence-electron chi connectivity index (χ3n) is 4.43. The highest BCUT2D eigenvalue weighted by atomic mass is 35.5. The van der Waals surface area contributed by atoms with Gasteiger partial charge in [0.05, 0.1) is 21.5 Å². The molecule has 0 bridgehead atoms. The summed E-state index contributed by atoms with van der Waals surface area (Å²) in [5.41, 5.74) is 4.00. The zero-order chi connectivity index (χ0) is 24.3. The van der Waals surface area contributed by atoms with E-state index in [0.717, 1.165) is 29.9 Å². The second-order valence-corrected chi connectivity index (χ2v) is 8.34. The van der Waals surface area contributed by atoms with E-state index in [2.05, 4.69) is 30.6 Å². The largest absolute Gasteiger partial charge is 0.414 e.